The minimum absolute atomic E-state index is 0.292. The zero-order valence-electron chi connectivity index (χ0n) is 13.3. The maximum Gasteiger partial charge on any atom is 0.250 e. The number of carbonyl (C=O) groups excluding carboxylic acids is 1. The molecule has 1 aliphatic heterocycles. The van der Waals surface area contributed by atoms with Gasteiger partial charge in [0.2, 0.25) is 0 Å². The third kappa shape index (κ3) is 2.72. The molecular formula is C18H23N3OS. The molecule has 0 fully saturated rings. The number of carbonyl (C=O) groups is 1. The Morgan fingerprint density at radius 3 is 3.13 bits per heavy atom. The Kier molecular flexibility index (Phi) is 3.99. The molecule has 1 unspecified atom stereocenters. The van der Waals surface area contributed by atoms with Gasteiger partial charge in [0, 0.05) is 35.4 Å². The fourth-order valence-electron chi connectivity index (χ4n) is 4.04. The smallest absolute Gasteiger partial charge is 0.250 e. The Labute approximate surface area is 140 Å². The van der Waals surface area contributed by atoms with Gasteiger partial charge in [-0.2, -0.15) is 0 Å². The van der Waals surface area contributed by atoms with E-state index in [1.807, 2.05) is 17.4 Å². The molecule has 23 heavy (non-hydrogen) atoms. The van der Waals surface area contributed by atoms with Gasteiger partial charge in [-0.3, -0.25) is 4.79 Å². The highest BCUT2D eigenvalue weighted by Gasteiger charge is 2.23. The van der Waals surface area contributed by atoms with Crippen molar-refractivity contribution in [1.29, 1.82) is 0 Å². The third-order valence-corrected chi connectivity index (χ3v) is 6.18. The summed E-state index contributed by atoms with van der Waals surface area (Å²) in [5, 5.41) is 5.92. The average molecular weight is 329 g/mol. The number of fused-ring (bicyclic) bond motifs is 2. The monoisotopic (exact) mass is 329 g/mol. The second-order valence-electron chi connectivity index (χ2n) is 6.59. The van der Waals surface area contributed by atoms with Crippen LogP contribution in [0.3, 0.4) is 0 Å². The Balaban J connectivity index is 1.55. The van der Waals surface area contributed by atoms with Gasteiger partial charge in [0.25, 0.3) is 5.91 Å². The van der Waals surface area contributed by atoms with Crippen LogP contribution in [0.2, 0.25) is 0 Å². The van der Waals surface area contributed by atoms with Crippen molar-refractivity contribution in [1.82, 2.24) is 9.88 Å². The summed E-state index contributed by atoms with van der Waals surface area (Å²) in [6, 6.07) is 4.71. The van der Waals surface area contributed by atoms with Crippen molar-refractivity contribution in [2.24, 2.45) is 5.73 Å². The zero-order chi connectivity index (χ0) is 15.8. The molecule has 122 valence electrons. The van der Waals surface area contributed by atoms with Crippen LogP contribution in [0.15, 0.2) is 17.5 Å². The maximum atomic E-state index is 11.7. The van der Waals surface area contributed by atoms with Crippen LogP contribution in [0, 0.1) is 0 Å². The van der Waals surface area contributed by atoms with E-state index >= 15 is 0 Å². The van der Waals surface area contributed by atoms with Crippen molar-refractivity contribution in [3.05, 3.63) is 44.9 Å². The number of nitrogens with two attached hydrogens (primary N) is 1. The van der Waals surface area contributed by atoms with E-state index in [0.717, 1.165) is 37.2 Å². The first-order chi connectivity index (χ1) is 11.2. The molecule has 4 rings (SSSR count). The van der Waals surface area contributed by atoms with Gasteiger partial charge < -0.3 is 15.6 Å². The first-order valence-corrected chi connectivity index (χ1v) is 9.42. The predicted octanol–water partition coefficient (Wildman–Crippen LogP) is 3.15. The standard InChI is InChI=1S/C18H23N3OS/c19-18(22)14-10-12(21-8-2-1-5-16(14)21)11-20-15-4-3-6-17-13(15)7-9-23-17/h7,9-10,15,20H,1-6,8,11H2,(H2,19,22). The van der Waals surface area contributed by atoms with E-state index in [1.165, 1.54) is 41.8 Å². The van der Waals surface area contributed by atoms with E-state index in [9.17, 15) is 4.79 Å². The van der Waals surface area contributed by atoms with E-state index in [2.05, 4.69) is 21.3 Å². The lowest BCUT2D eigenvalue weighted by Crippen LogP contribution is -2.25. The maximum absolute atomic E-state index is 11.7. The van der Waals surface area contributed by atoms with Crippen molar-refractivity contribution >= 4 is 17.2 Å². The molecule has 0 saturated heterocycles. The first kappa shape index (κ1) is 15.0. The van der Waals surface area contributed by atoms with Crippen LogP contribution in [0.5, 0.6) is 0 Å². The van der Waals surface area contributed by atoms with Gasteiger partial charge in [-0.25, -0.2) is 0 Å². The fourth-order valence-corrected chi connectivity index (χ4v) is 5.03. The topological polar surface area (TPSA) is 60.1 Å². The largest absolute Gasteiger partial charge is 0.366 e. The molecule has 2 aliphatic rings. The third-order valence-electron chi connectivity index (χ3n) is 5.19. The Morgan fingerprint density at radius 2 is 2.26 bits per heavy atom. The van der Waals surface area contributed by atoms with Crippen LogP contribution < -0.4 is 11.1 Å². The van der Waals surface area contributed by atoms with Crippen molar-refractivity contribution in [2.45, 2.75) is 57.7 Å². The number of primary amides is 1. The van der Waals surface area contributed by atoms with Gasteiger partial charge >= 0.3 is 0 Å². The molecule has 1 atom stereocenters. The van der Waals surface area contributed by atoms with E-state index in [0.29, 0.717) is 6.04 Å². The Morgan fingerprint density at radius 1 is 1.35 bits per heavy atom. The highest BCUT2D eigenvalue weighted by Crippen LogP contribution is 2.33. The molecular weight excluding hydrogens is 306 g/mol. The van der Waals surface area contributed by atoms with E-state index < -0.39 is 0 Å². The van der Waals surface area contributed by atoms with E-state index in [-0.39, 0.29) is 5.91 Å². The molecule has 0 aromatic carbocycles. The normalized spacial score (nSPS) is 20.1. The van der Waals surface area contributed by atoms with Gasteiger partial charge in [-0.05, 0) is 61.6 Å². The number of aromatic nitrogens is 1. The summed E-state index contributed by atoms with van der Waals surface area (Å²) in [4.78, 5) is 13.2. The number of amides is 1. The molecule has 1 aliphatic carbocycles. The lowest BCUT2D eigenvalue weighted by Gasteiger charge is -2.25. The van der Waals surface area contributed by atoms with Gasteiger partial charge in [-0.15, -0.1) is 11.3 Å². The molecule has 0 spiro atoms. The number of hydrogen-bond donors (Lipinski definition) is 2. The Bertz CT molecular complexity index is 731. The SMILES string of the molecule is NC(=O)c1cc(CNC2CCCc3sccc32)n2c1CCCC2. The minimum atomic E-state index is -0.292. The van der Waals surface area contributed by atoms with Crippen LogP contribution in [-0.2, 0) is 25.9 Å². The van der Waals surface area contributed by atoms with Gasteiger partial charge in [-0.1, -0.05) is 0 Å². The van der Waals surface area contributed by atoms with Crippen LogP contribution in [0.25, 0.3) is 0 Å². The highest BCUT2D eigenvalue weighted by atomic mass is 32.1. The molecule has 4 nitrogen and oxygen atoms in total. The van der Waals surface area contributed by atoms with Crippen LogP contribution >= 0.6 is 11.3 Å². The first-order valence-electron chi connectivity index (χ1n) is 8.55. The van der Waals surface area contributed by atoms with Crippen LogP contribution in [-0.4, -0.2) is 10.5 Å². The van der Waals surface area contributed by atoms with Gasteiger partial charge in [0.15, 0.2) is 0 Å². The summed E-state index contributed by atoms with van der Waals surface area (Å²) in [6.07, 6.45) is 6.97. The number of thiophene rings is 1. The van der Waals surface area contributed by atoms with Crippen molar-refractivity contribution < 1.29 is 4.79 Å². The quantitative estimate of drug-likeness (QED) is 0.905. The summed E-state index contributed by atoms with van der Waals surface area (Å²) >= 11 is 1.88. The second-order valence-corrected chi connectivity index (χ2v) is 7.59. The van der Waals surface area contributed by atoms with Crippen LogP contribution in [0.1, 0.15) is 63.9 Å². The van der Waals surface area contributed by atoms with Crippen LogP contribution in [0.4, 0.5) is 0 Å². The lowest BCUT2D eigenvalue weighted by atomic mass is 9.94. The van der Waals surface area contributed by atoms with Gasteiger partial charge in [0.05, 0.1) is 5.56 Å². The molecule has 5 heteroatoms. The molecule has 2 aromatic rings. The predicted molar refractivity (Wildman–Crippen MR) is 92.7 cm³/mol. The van der Waals surface area contributed by atoms with E-state index in [4.69, 9.17) is 5.73 Å². The fraction of sp³-hybridized carbons (Fsp3) is 0.500. The molecule has 3 heterocycles. The highest BCUT2D eigenvalue weighted by molar-refractivity contribution is 7.10. The number of nitrogens with zero attached hydrogens (tertiary/aromatic N) is 1. The summed E-state index contributed by atoms with van der Waals surface area (Å²) in [7, 11) is 0. The minimum Gasteiger partial charge on any atom is -0.366 e. The number of hydrogen-bond acceptors (Lipinski definition) is 3. The molecule has 2 aromatic heterocycles. The molecule has 0 bridgehead atoms. The summed E-state index contributed by atoms with van der Waals surface area (Å²) in [5.74, 6) is -0.292. The lowest BCUT2D eigenvalue weighted by molar-refractivity contribution is 0.0999. The zero-order valence-corrected chi connectivity index (χ0v) is 14.1. The second kappa shape index (κ2) is 6.13. The number of nitrogens with one attached hydrogen (secondary N) is 1. The number of rotatable bonds is 4. The molecule has 0 radical (unpaired) electrons. The van der Waals surface area contributed by atoms with Crippen molar-refractivity contribution in [3.8, 4) is 0 Å². The summed E-state index contributed by atoms with van der Waals surface area (Å²) in [5.41, 5.74) is 10.1. The molecule has 3 N–H and O–H groups in total. The molecule has 1 amide bonds. The van der Waals surface area contributed by atoms with Gasteiger partial charge in [0.1, 0.15) is 0 Å². The van der Waals surface area contributed by atoms with Crippen molar-refractivity contribution in [2.75, 3.05) is 0 Å². The summed E-state index contributed by atoms with van der Waals surface area (Å²) < 4.78 is 2.31. The average Bonchev–Trinajstić information content (AvgIpc) is 3.18. The Hall–Kier alpha value is -1.59. The molecule has 0 saturated carbocycles. The van der Waals surface area contributed by atoms with Crippen molar-refractivity contribution in [3.63, 3.8) is 0 Å². The summed E-state index contributed by atoms with van der Waals surface area (Å²) in [6.45, 7) is 1.81. The number of aryl methyl sites for hydroxylation is 1. The van der Waals surface area contributed by atoms with E-state index in [1.54, 1.807) is 0 Å².